The van der Waals surface area contributed by atoms with Crippen molar-refractivity contribution < 1.29 is 39.8 Å². The van der Waals surface area contributed by atoms with Crippen LogP contribution in [0, 0.1) is 0 Å². The van der Waals surface area contributed by atoms with Crippen LogP contribution in [0.3, 0.4) is 0 Å². The second-order valence-electron chi connectivity index (χ2n) is 20.1. The fraction of sp³-hybridized carbons (Fsp3) is 0.879. The minimum atomic E-state index is -1.57. The van der Waals surface area contributed by atoms with Gasteiger partial charge in [-0.1, -0.05) is 243 Å². The van der Waals surface area contributed by atoms with E-state index in [2.05, 4.69) is 43.5 Å². The van der Waals surface area contributed by atoms with Gasteiger partial charge in [-0.2, -0.15) is 0 Å². The van der Waals surface area contributed by atoms with Gasteiger partial charge in [0.25, 0.3) is 0 Å². The van der Waals surface area contributed by atoms with E-state index in [-0.39, 0.29) is 12.5 Å². The molecule has 7 unspecified atom stereocenters. The molecule has 0 aromatic heterocycles. The van der Waals surface area contributed by atoms with E-state index in [4.69, 9.17) is 9.47 Å². The van der Waals surface area contributed by atoms with E-state index in [1.54, 1.807) is 6.08 Å². The molecule has 1 rings (SSSR count). The summed E-state index contributed by atoms with van der Waals surface area (Å²) < 4.78 is 11.3. The lowest BCUT2D eigenvalue weighted by atomic mass is 9.99. The van der Waals surface area contributed by atoms with Gasteiger partial charge in [-0.15, -0.1) is 0 Å². The highest BCUT2D eigenvalue weighted by Gasteiger charge is 2.44. The molecule has 1 aliphatic heterocycles. The van der Waals surface area contributed by atoms with Crippen molar-refractivity contribution >= 4 is 5.91 Å². The summed E-state index contributed by atoms with van der Waals surface area (Å²) in [4.78, 5) is 13.0. The largest absolute Gasteiger partial charge is 0.394 e. The van der Waals surface area contributed by atoms with E-state index in [9.17, 15) is 30.3 Å². The smallest absolute Gasteiger partial charge is 0.220 e. The predicted octanol–water partition coefficient (Wildman–Crippen LogP) is 14.0. The highest BCUT2D eigenvalue weighted by Crippen LogP contribution is 2.23. The fourth-order valence-electron chi connectivity index (χ4n) is 9.11. The summed E-state index contributed by atoms with van der Waals surface area (Å²) >= 11 is 0. The Balaban J connectivity index is 2.26. The van der Waals surface area contributed by atoms with E-state index in [0.29, 0.717) is 6.42 Å². The monoisotopic (exact) mass is 948 g/mol. The van der Waals surface area contributed by atoms with Crippen molar-refractivity contribution in [2.45, 2.75) is 314 Å². The van der Waals surface area contributed by atoms with Crippen molar-refractivity contribution in [1.29, 1.82) is 0 Å². The van der Waals surface area contributed by atoms with Gasteiger partial charge in [0, 0.05) is 6.42 Å². The third-order valence-electron chi connectivity index (χ3n) is 13.7. The maximum Gasteiger partial charge on any atom is 0.220 e. The zero-order valence-electron chi connectivity index (χ0n) is 43.7. The van der Waals surface area contributed by atoms with Crippen LogP contribution >= 0.6 is 0 Å². The number of allylic oxidation sites excluding steroid dienone is 5. The molecule has 9 heteroatoms. The Morgan fingerprint density at radius 2 is 0.851 bits per heavy atom. The zero-order valence-corrected chi connectivity index (χ0v) is 43.7. The molecular formula is C58H109NO8. The topological polar surface area (TPSA) is 149 Å². The molecule has 394 valence electrons. The summed E-state index contributed by atoms with van der Waals surface area (Å²) in [6, 6.07) is -0.822. The molecule has 1 saturated heterocycles. The SMILES string of the molecule is CCCCCCCCCC/C=C\CCCCCCCCCCCC(=O)NC(COC1OC(CO)C(O)C(O)C1O)C(O)/C=C/CC/C=C/CCCCCCCCCCCCCCCCCCC. The highest BCUT2D eigenvalue weighted by atomic mass is 16.7. The lowest BCUT2D eigenvalue weighted by Crippen LogP contribution is -2.60. The first kappa shape index (κ1) is 63.4. The number of ether oxygens (including phenoxy) is 2. The van der Waals surface area contributed by atoms with Crippen LogP contribution in [0.1, 0.15) is 271 Å². The molecule has 1 fully saturated rings. The van der Waals surface area contributed by atoms with Crippen molar-refractivity contribution in [3.63, 3.8) is 0 Å². The van der Waals surface area contributed by atoms with Gasteiger partial charge in [0.2, 0.25) is 5.91 Å². The van der Waals surface area contributed by atoms with E-state index in [1.165, 1.54) is 212 Å². The number of hydrogen-bond donors (Lipinski definition) is 6. The summed E-state index contributed by atoms with van der Waals surface area (Å²) in [5, 5.41) is 54.5. The Labute approximate surface area is 412 Å². The Morgan fingerprint density at radius 3 is 1.25 bits per heavy atom. The number of amides is 1. The minimum Gasteiger partial charge on any atom is -0.394 e. The molecular weight excluding hydrogens is 839 g/mol. The summed E-state index contributed by atoms with van der Waals surface area (Å²) in [7, 11) is 0. The van der Waals surface area contributed by atoms with Gasteiger partial charge in [0.05, 0.1) is 25.4 Å². The van der Waals surface area contributed by atoms with Crippen molar-refractivity contribution in [3.05, 3.63) is 36.5 Å². The van der Waals surface area contributed by atoms with Crippen LogP contribution in [0.2, 0.25) is 0 Å². The number of carbonyl (C=O) groups excluding carboxylic acids is 1. The number of nitrogens with one attached hydrogen (secondary N) is 1. The molecule has 0 aliphatic carbocycles. The van der Waals surface area contributed by atoms with Gasteiger partial charge in [0.1, 0.15) is 24.4 Å². The number of hydrogen-bond acceptors (Lipinski definition) is 8. The first-order valence-electron chi connectivity index (χ1n) is 28.7. The molecule has 0 radical (unpaired) electrons. The summed E-state index contributed by atoms with van der Waals surface area (Å²) in [6.45, 7) is 3.79. The second-order valence-corrected chi connectivity index (χ2v) is 20.1. The first-order chi connectivity index (χ1) is 32.8. The van der Waals surface area contributed by atoms with Gasteiger partial charge in [-0.25, -0.2) is 0 Å². The molecule has 0 aromatic rings. The first-order valence-corrected chi connectivity index (χ1v) is 28.7. The quantitative estimate of drug-likeness (QED) is 0.0261. The molecule has 0 aromatic carbocycles. The molecule has 1 amide bonds. The van der Waals surface area contributed by atoms with E-state index < -0.39 is 49.5 Å². The number of aliphatic hydroxyl groups is 5. The second kappa shape index (κ2) is 48.1. The Bertz CT molecular complexity index is 1150. The van der Waals surface area contributed by atoms with Gasteiger partial charge in [-0.3, -0.25) is 4.79 Å². The van der Waals surface area contributed by atoms with Crippen LogP contribution in [-0.4, -0.2) is 87.5 Å². The third kappa shape index (κ3) is 37.9. The van der Waals surface area contributed by atoms with Gasteiger partial charge < -0.3 is 40.3 Å². The Kier molecular flexibility index (Phi) is 45.5. The lowest BCUT2D eigenvalue weighted by molar-refractivity contribution is -0.302. The van der Waals surface area contributed by atoms with E-state index in [1.807, 2.05) is 6.08 Å². The average Bonchev–Trinajstić information content (AvgIpc) is 3.33. The molecule has 7 atom stereocenters. The van der Waals surface area contributed by atoms with Crippen molar-refractivity contribution in [2.75, 3.05) is 13.2 Å². The van der Waals surface area contributed by atoms with Crippen LogP contribution in [0.25, 0.3) is 0 Å². The van der Waals surface area contributed by atoms with Crippen LogP contribution in [-0.2, 0) is 14.3 Å². The molecule has 0 saturated carbocycles. The predicted molar refractivity (Wildman–Crippen MR) is 281 cm³/mol. The summed E-state index contributed by atoms with van der Waals surface area (Å²) in [6.07, 6.45) is 54.9. The highest BCUT2D eigenvalue weighted by molar-refractivity contribution is 5.76. The molecule has 1 aliphatic rings. The lowest BCUT2D eigenvalue weighted by Gasteiger charge is -2.40. The van der Waals surface area contributed by atoms with Gasteiger partial charge >= 0.3 is 0 Å². The molecule has 0 spiro atoms. The minimum absolute atomic E-state index is 0.186. The van der Waals surface area contributed by atoms with Crippen molar-refractivity contribution in [2.24, 2.45) is 0 Å². The van der Waals surface area contributed by atoms with Crippen molar-refractivity contribution in [1.82, 2.24) is 5.32 Å². The molecule has 0 bridgehead atoms. The fourth-order valence-corrected chi connectivity index (χ4v) is 9.11. The van der Waals surface area contributed by atoms with Crippen molar-refractivity contribution in [3.8, 4) is 0 Å². The van der Waals surface area contributed by atoms with E-state index >= 15 is 0 Å². The van der Waals surface area contributed by atoms with E-state index in [0.717, 1.165) is 38.5 Å². The summed E-state index contributed by atoms with van der Waals surface area (Å²) in [5.74, 6) is -0.186. The van der Waals surface area contributed by atoms with Crippen LogP contribution < -0.4 is 5.32 Å². The molecule has 67 heavy (non-hydrogen) atoms. The molecule has 9 nitrogen and oxygen atoms in total. The Hall–Kier alpha value is -1.59. The number of carbonyl (C=O) groups is 1. The van der Waals surface area contributed by atoms with Crippen LogP contribution in [0.4, 0.5) is 0 Å². The van der Waals surface area contributed by atoms with Gasteiger partial charge in [-0.05, 0) is 57.8 Å². The third-order valence-corrected chi connectivity index (χ3v) is 13.7. The molecule has 6 N–H and O–H groups in total. The Morgan fingerprint density at radius 1 is 0.493 bits per heavy atom. The summed E-state index contributed by atoms with van der Waals surface area (Å²) in [5.41, 5.74) is 0. The molecule has 1 heterocycles. The number of aliphatic hydroxyl groups excluding tert-OH is 5. The maximum absolute atomic E-state index is 13.0. The van der Waals surface area contributed by atoms with Gasteiger partial charge in [0.15, 0.2) is 6.29 Å². The number of unbranched alkanes of at least 4 members (excludes halogenated alkanes) is 35. The van der Waals surface area contributed by atoms with Crippen LogP contribution in [0.5, 0.6) is 0 Å². The van der Waals surface area contributed by atoms with Crippen LogP contribution in [0.15, 0.2) is 36.5 Å². The normalized spacial score (nSPS) is 19.9. The zero-order chi connectivity index (χ0) is 48.7. The number of rotatable bonds is 49. The average molecular weight is 949 g/mol. The maximum atomic E-state index is 13.0. The standard InChI is InChI=1S/C58H109NO8/c1-3-5-7-9-11-13-15-17-19-21-23-25-26-28-29-31-33-35-37-39-41-43-45-47-52(61)51(50-66-58-57(65)56(64)55(63)53(49-60)67-58)59-54(62)48-46-44-42-40-38-36-34-32-30-27-24-22-20-18-16-14-12-10-8-6-4-2/h22,24,37,39,45,47,51-53,55-58,60-61,63-65H,3-21,23,25-36,38,40-44,46,48-50H2,1-2H3,(H,59,62)/b24-22-,39-37+,47-45+.